The Balaban J connectivity index is 1.74. The third-order valence-electron chi connectivity index (χ3n) is 5.38. The number of nitrogens with zero attached hydrogens (tertiary/aromatic N) is 1. The van der Waals surface area contributed by atoms with E-state index in [1.54, 1.807) is 23.7 Å². The summed E-state index contributed by atoms with van der Waals surface area (Å²) in [6.07, 6.45) is 2.34. The van der Waals surface area contributed by atoms with E-state index in [4.69, 9.17) is 5.73 Å². The van der Waals surface area contributed by atoms with Crippen LogP contribution < -0.4 is 5.73 Å². The van der Waals surface area contributed by atoms with Crippen molar-refractivity contribution in [2.24, 2.45) is 5.73 Å². The summed E-state index contributed by atoms with van der Waals surface area (Å²) in [4.78, 5) is 0. The topological polar surface area (TPSA) is 65.1 Å². The zero-order chi connectivity index (χ0) is 20.7. The molecule has 0 spiro atoms. The van der Waals surface area contributed by atoms with Gasteiger partial charge >= 0.3 is 0 Å². The van der Waals surface area contributed by atoms with Gasteiger partial charge in [-0.1, -0.05) is 54.6 Å². The highest BCUT2D eigenvalue weighted by Gasteiger charge is 2.22. The highest BCUT2D eigenvalue weighted by atomic mass is 32.2. The van der Waals surface area contributed by atoms with Gasteiger partial charge in [-0.15, -0.1) is 11.3 Å². The van der Waals surface area contributed by atoms with Gasteiger partial charge in [0.05, 0.1) is 5.52 Å². The Kier molecular flexibility index (Phi) is 4.70. The number of rotatable bonds is 5. The van der Waals surface area contributed by atoms with Gasteiger partial charge in [-0.2, -0.15) is 8.42 Å². The van der Waals surface area contributed by atoms with E-state index in [0.717, 1.165) is 22.1 Å². The zero-order valence-electron chi connectivity index (χ0n) is 16.2. The highest BCUT2D eigenvalue weighted by Crippen LogP contribution is 2.34. The number of aromatic nitrogens is 1. The molecule has 0 saturated heterocycles. The van der Waals surface area contributed by atoms with Crippen LogP contribution in [-0.4, -0.2) is 18.9 Å². The molecule has 5 aromatic rings. The fraction of sp³-hybridized carbons (Fsp3) is 0.0833. The number of hydrogen-bond acceptors (Lipinski definition) is 4. The average molecular weight is 433 g/mol. The Hall–Kier alpha value is -2.93. The van der Waals surface area contributed by atoms with Crippen LogP contribution in [0.15, 0.2) is 88.6 Å². The molecule has 3 aromatic carbocycles. The second-order valence-electron chi connectivity index (χ2n) is 7.18. The van der Waals surface area contributed by atoms with Crippen LogP contribution in [0.5, 0.6) is 0 Å². The van der Waals surface area contributed by atoms with Gasteiger partial charge < -0.3 is 5.73 Å². The second kappa shape index (κ2) is 7.40. The summed E-state index contributed by atoms with van der Waals surface area (Å²) in [5.74, 6) is 0. The number of thiophene rings is 1. The van der Waals surface area contributed by atoms with Gasteiger partial charge in [0.25, 0.3) is 10.0 Å². The number of fused-ring (bicyclic) bond motifs is 2. The van der Waals surface area contributed by atoms with Crippen LogP contribution in [-0.2, 0) is 16.4 Å². The lowest BCUT2D eigenvalue weighted by Crippen LogP contribution is -2.10. The Bertz CT molecular complexity index is 1460. The van der Waals surface area contributed by atoms with Gasteiger partial charge in [0.2, 0.25) is 0 Å². The van der Waals surface area contributed by atoms with Gasteiger partial charge in [-0.05, 0) is 64.0 Å². The molecule has 150 valence electrons. The SMILES string of the molecule is NCCc1cn(S(=O)(=O)c2cccs2)c2ccc(-c3cccc4ccccc34)cc12. The van der Waals surface area contributed by atoms with Gasteiger partial charge in [-0.3, -0.25) is 0 Å². The fourth-order valence-electron chi connectivity index (χ4n) is 3.97. The third kappa shape index (κ3) is 3.04. The van der Waals surface area contributed by atoms with Gasteiger partial charge in [0, 0.05) is 11.6 Å². The molecule has 0 radical (unpaired) electrons. The van der Waals surface area contributed by atoms with E-state index < -0.39 is 10.0 Å². The monoisotopic (exact) mass is 432 g/mol. The fourth-order valence-corrected chi connectivity index (χ4v) is 6.44. The predicted octanol–water partition coefficient (Wildman–Crippen LogP) is 5.26. The zero-order valence-corrected chi connectivity index (χ0v) is 17.8. The third-order valence-corrected chi connectivity index (χ3v) is 8.42. The molecule has 2 aromatic heterocycles. The van der Waals surface area contributed by atoms with E-state index >= 15 is 0 Å². The Labute approximate surface area is 179 Å². The van der Waals surface area contributed by atoms with Crippen LogP contribution in [0.25, 0.3) is 32.8 Å². The van der Waals surface area contributed by atoms with Crippen LogP contribution in [0.4, 0.5) is 0 Å². The lowest BCUT2D eigenvalue weighted by molar-refractivity contribution is 0.591. The van der Waals surface area contributed by atoms with Crippen molar-refractivity contribution < 1.29 is 8.42 Å². The summed E-state index contributed by atoms with van der Waals surface area (Å²) in [6.45, 7) is 0.455. The number of benzene rings is 3. The first-order valence-electron chi connectivity index (χ1n) is 9.71. The van der Waals surface area contributed by atoms with Crippen molar-refractivity contribution in [2.75, 3.05) is 6.54 Å². The van der Waals surface area contributed by atoms with E-state index in [1.807, 2.05) is 24.3 Å². The van der Waals surface area contributed by atoms with Gasteiger partial charge in [0.15, 0.2) is 0 Å². The number of nitrogens with two attached hydrogens (primary N) is 1. The smallest absolute Gasteiger partial charge is 0.277 e. The maximum Gasteiger partial charge on any atom is 0.277 e. The molecule has 2 heterocycles. The van der Waals surface area contributed by atoms with Crippen LogP contribution >= 0.6 is 11.3 Å². The van der Waals surface area contributed by atoms with E-state index in [1.165, 1.54) is 26.1 Å². The molecule has 30 heavy (non-hydrogen) atoms. The minimum absolute atomic E-state index is 0.330. The van der Waals surface area contributed by atoms with E-state index in [0.29, 0.717) is 22.7 Å². The molecule has 0 saturated carbocycles. The summed E-state index contributed by atoms with van der Waals surface area (Å²) < 4.78 is 28.1. The molecular weight excluding hydrogens is 412 g/mol. The molecule has 0 atom stereocenters. The minimum atomic E-state index is -3.64. The maximum absolute atomic E-state index is 13.2. The average Bonchev–Trinajstić information content (AvgIpc) is 3.43. The van der Waals surface area contributed by atoms with Crippen LogP contribution in [0.1, 0.15) is 5.56 Å². The van der Waals surface area contributed by atoms with Crippen LogP contribution in [0, 0.1) is 0 Å². The summed E-state index contributed by atoms with van der Waals surface area (Å²) in [5.41, 5.74) is 9.63. The van der Waals surface area contributed by atoms with E-state index in [-0.39, 0.29) is 0 Å². The van der Waals surface area contributed by atoms with Crippen LogP contribution in [0.2, 0.25) is 0 Å². The highest BCUT2D eigenvalue weighted by molar-refractivity contribution is 7.92. The van der Waals surface area contributed by atoms with Crippen LogP contribution in [0.3, 0.4) is 0 Å². The standard InChI is InChI=1S/C24H20N2O2S2/c25-13-12-19-16-26(30(27,28)24-9-4-14-29-24)23-11-10-18(15-22(19)23)21-8-3-6-17-5-1-2-7-20(17)21/h1-11,14-16H,12-13,25H2. The van der Waals surface area contributed by atoms with Gasteiger partial charge in [0.1, 0.15) is 4.21 Å². The van der Waals surface area contributed by atoms with E-state index in [2.05, 4.69) is 36.4 Å². The molecule has 0 aliphatic carbocycles. The predicted molar refractivity (Wildman–Crippen MR) is 125 cm³/mol. The first kappa shape index (κ1) is 19.1. The molecule has 0 aliphatic heterocycles. The lowest BCUT2D eigenvalue weighted by atomic mass is 9.96. The summed E-state index contributed by atoms with van der Waals surface area (Å²) in [6, 6.07) is 23.9. The molecule has 0 unspecified atom stereocenters. The second-order valence-corrected chi connectivity index (χ2v) is 10.2. The summed E-state index contributed by atoms with van der Waals surface area (Å²) in [7, 11) is -3.64. The molecule has 0 aliphatic rings. The molecule has 0 amide bonds. The van der Waals surface area contributed by atoms with Crippen molar-refractivity contribution in [1.29, 1.82) is 0 Å². The molecular formula is C24H20N2O2S2. The Morgan fingerprint density at radius 2 is 1.73 bits per heavy atom. The quantitative estimate of drug-likeness (QED) is 0.412. The molecule has 4 nitrogen and oxygen atoms in total. The summed E-state index contributed by atoms with van der Waals surface area (Å²) >= 11 is 1.22. The van der Waals surface area contributed by atoms with E-state index in [9.17, 15) is 8.42 Å². The number of hydrogen-bond donors (Lipinski definition) is 1. The molecule has 0 bridgehead atoms. The van der Waals surface area contributed by atoms with Crippen molar-refractivity contribution >= 4 is 43.0 Å². The van der Waals surface area contributed by atoms with Crippen molar-refractivity contribution in [1.82, 2.24) is 3.97 Å². The minimum Gasteiger partial charge on any atom is -0.330 e. The Morgan fingerprint density at radius 1 is 0.900 bits per heavy atom. The Morgan fingerprint density at radius 3 is 2.53 bits per heavy atom. The molecule has 5 rings (SSSR count). The van der Waals surface area contributed by atoms with Crippen molar-refractivity contribution in [2.45, 2.75) is 10.6 Å². The largest absolute Gasteiger partial charge is 0.330 e. The summed E-state index contributed by atoms with van der Waals surface area (Å²) in [5, 5.41) is 5.05. The van der Waals surface area contributed by atoms with Gasteiger partial charge in [-0.25, -0.2) is 3.97 Å². The van der Waals surface area contributed by atoms with Crippen molar-refractivity contribution in [3.63, 3.8) is 0 Å². The lowest BCUT2D eigenvalue weighted by Gasteiger charge is -2.09. The first-order valence-corrected chi connectivity index (χ1v) is 12.0. The van der Waals surface area contributed by atoms with Crippen molar-refractivity contribution in [3.05, 3.63) is 89.9 Å². The van der Waals surface area contributed by atoms with Crippen molar-refractivity contribution in [3.8, 4) is 11.1 Å². The normalized spacial score (nSPS) is 12.0. The molecule has 2 N–H and O–H groups in total. The first-order chi connectivity index (χ1) is 14.6. The maximum atomic E-state index is 13.2. The molecule has 0 fully saturated rings. The molecule has 6 heteroatoms.